The number of hydrogen-bond acceptors (Lipinski definition) is 4. The summed E-state index contributed by atoms with van der Waals surface area (Å²) in [6, 6.07) is 6.41. The number of rotatable bonds is 8. The molecule has 1 atom stereocenters. The van der Waals surface area contributed by atoms with Crippen molar-refractivity contribution in [1.82, 2.24) is 4.31 Å². The van der Waals surface area contributed by atoms with Crippen LogP contribution < -0.4 is 0 Å². The Morgan fingerprint density at radius 3 is 2.55 bits per heavy atom. The Morgan fingerprint density at radius 1 is 1.30 bits per heavy atom. The SMILES string of the molecule is CCC(O)c1cccc(S(=O)(=O)N(CC)CCCO)c1. The van der Waals surface area contributed by atoms with Gasteiger partial charge in [0.15, 0.2) is 0 Å². The van der Waals surface area contributed by atoms with Gasteiger partial charge in [0.25, 0.3) is 0 Å². The van der Waals surface area contributed by atoms with E-state index in [1.807, 2.05) is 6.92 Å². The molecular formula is C14H23NO4S. The van der Waals surface area contributed by atoms with E-state index >= 15 is 0 Å². The van der Waals surface area contributed by atoms with Gasteiger partial charge in [0.05, 0.1) is 11.0 Å². The van der Waals surface area contributed by atoms with E-state index in [4.69, 9.17) is 5.11 Å². The van der Waals surface area contributed by atoms with Crippen molar-refractivity contribution in [2.45, 2.75) is 37.7 Å². The van der Waals surface area contributed by atoms with Gasteiger partial charge in [0, 0.05) is 19.7 Å². The van der Waals surface area contributed by atoms with E-state index in [1.54, 1.807) is 19.1 Å². The average molecular weight is 301 g/mol. The number of hydrogen-bond donors (Lipinski definition) is 2. The van der Waals surface area contributed by atoms with E-state index in [-0.39, 0.29) is 18.0 Å². The lowest BCUT2D eigenvalue weighted by molar-refractivity contribution is 0.173. The van der Waals surface area contributed by atoms with Crippen molar-refractivity contribution >= 4 is 10.0 Å². The van der Waals surface area contributed by atoms with Crippen LogP contribution in [0.5, 0.6) is 0 Å². The molecule has 1 aromatic carbocycles. The fourth-order valence-electron chi connectivity index (χ4n) is 1.96. The summed E-state index contributed by atoms with van der Waals surface area (Å²) in [4.78, 5) is 0.183. The second-order valence-electron chi connectivity index (χ2n) is 4.57. The molecule has 1 unspecified atom stereocenters. The van der Waals surface area contributed by atoms with Crippen molar-refractivity contribution in [3.63, 3.8) is 0 Å². The van der Waals surface area contributed by atoms with Crippen LogP contribution in [0.4, 0.5) is 0 Å². The van der Waals surface area contributed by atoms with E-state index in [0.29, 0.717) is 24.9 Å². The molecule has 0 aromatic heterocycles. The van der Waals surface area contributed by atoms with E-state index in [0.717, 1.165) is 0 Å². The topological polar surface area (TPSA) is 77.8 Å². The second-order valence-corrected chi connectivity index (χ2v) is 6.51. The highest BCUT2D eigenvalue weighted by Gasteiger charge is 2.23. The molecular weight excluding hydrogens is 278 g/mol. The zero-order valence-corrected chi connectivity index (χ0v) is 12.8. The average Bonchev–Trinajstić information content (AvgIpc) is 2.47. The monoisotopic (exact) mass is 301 g/mol. The molecule has 0 saturated carbocycles. The predicted octanol–water partition coefficient (Wildman–Crippen LogP) is 1.52. The summed E-state index contributed by atoms with van der Waals surface area (Å²) in [5.41, 5.74) is 0.604. The maximum atomic E-state index is 12.5. The molecule has 0 radical (unpaired) electrons. The molecule has 114 valence electrons. The minimum absolute atomic E-state index is 0.0411. The fraction of sp³-hybridized carbons (Fsp3) is 0.571. The first-order valence-electron chi connectivity index (χ1n) is 6.86. The van der Waals surface area contributed by atoms with Crippen LogP contribution in [0.15, 0.2) is 29.2 Å². The molecule has 5 nitrogen and oxygen atoms in total. The van der Waals surface area contributed by atoms with Crippen LogP contribution in [0, 0.1) is 0 Å². The van der Waals surface area contributed by atoms with Crippen LogP contribution in [0.1, 0.15) is 38.4 Å². The lowest BCUT2D eigenvalue weighted by atomic mass is 10.1. The molecule has 0 aliphatic rings. The van der Waals surface area contributed by atoms with Crippen LogP contribution in [0.2, 0.25) is 0 Å². The highest BCUT2D eigenvalue weighted by atomic mass is 32.2. The fourth-order valence-corrected chi connectivity index (χ4v) is 3.51. The lowest BCUT2D eigenvalue weighted by Crippen LogP contribution is -2.32. The normalized spacial score (nSPS) is 13.7. The Hall–Kier alpha value is -0.950. The van der Waals surface area contributed by atoms with Gasteiger partial charge in [-0.3, -0.25) is 0 Å². The largest absolute Gasteiger partial charge is 0.396 e. The van der Waals surface area contributed by atoms with Crippen molar-refractivity contribution < 1.29 is 18.6 Å². The third-order valence-electron chi connectivity index (χ3n) is 3.19. The molecule has 0 amide bonds. The van der Waals surface area contributed by atoms with Gasteiger partial charge in [-0.05, 0) is 30.5 Å². The summed E-state index contributed by atoms with van der Waals surface area (Å²) >= 11 is 0. The molecule has 6 heteroatoms. The van der Waals surface area contributed by atoms with Crippen molar-refractivity contribution in [3.05, 3.63) is 29.8 Å². The zero-order valence-electron chi connectivity index (χ0n) is 12.0. The number of aliphatic hydroxyl groups is 2. The van der Waals surface area contributed by atoms with Gasteiger partial charge in [0.1, 0.15) is 0 Å². The van der Waals surface area contributed by atoms with E-state index < -0.39 is 16.1 Å². The third-order valence-corrected chi connectivity index (χ3v) is 5.16. The summed E-state index contributed by atoms with van der Waals surface area (Å²) in [5, 5.41) is 18.7. The van der Waals surface area contributed by atoms with Crippen molar-refractivity contribution in [2.75, 3.05) is 19.7 Å². The quantitative estimate of drug-likeness (QED) is 0.763. The molecule has 1 rings (SSSR count). The van der Waals surface area contributed by atoms with Crippen LogP contribution >= 0.6 is 0 Å². The molecule has 1 aromatic rings. The summed E-state index contributed by atoms with van der Waals surface area (Å²) in [6.07, 6.45) is 0.285. The summed E-state index contributed by atoms with van der Waals surface area (Å²) in [5.74, 6) is 0. The van der Waals surface area contributed by atoms with Crippen molar-refractivity contribution in [3.8, 4) is 0 Å². The smallest absolute Gasteiger partial charge is 0.243 e. The van der Waals surface area contributed by atoms with Gasteiger partial charge < -0.3 is 10.2 Å². The first kappa shape index (κ1) is 17.1. The summed E-state index contributed by atoms with van der Waals surface area (Å²) < 4.78 is 26.3. The van der Waals surface area contributed by atoms with Gasteiger partial charge in [-0.25, -0.2) is 8.42 Å². The van der Waals surface area contributed by atoms with Gasteiger partial charge in [-0.2, -0.15) is 4.31 Å². The predicted molar refractivity (Wildman–Crippen MR) is 77.8 cm³/mol. The Morgan fingerprint density at radius 2 is 2.00 bits per heavy atom. The van der Waals surface area contributed by atoms with Crippen LogP contribution in [0.25, 0.3) is 0 Å². The molecule has 0 aliphatic carbocycles. The molecule has 0 bridgehead atoms. The van der Waals surface area contributed by atoms with Gasteiger partial charge in [-0.15, -0.1) is 0 Å². The second kappa shape index (κ2) is 7.73. The standard InChI is InChI=1S/C14H23NO4S/c1-3-14(17)12-7-5-8-13(11-12)20(18,19)15(4-2)9-6-10-16/h5,7-8,11,14,16-17H,3-4,6,9-10H2,1-2H3. The highest BCUT2D eigenvalue weighted by molar-refractivity contribution is 7.89. The summed E-state index contributed by atoms with van der Waals surface area (Å²) in [6.45, 7) is 4.20. The van der Waals surface area contributed by atoms with Gasteiger partial charge >= 0.3 is 0 Å². The first-order chi connectivity index (χ1) is 9.47. The minimum Gasteiger partial charge on any atom is -0.396 e. The van der Waals surface area contributed by atoms with Crippen molar-refractivity contribution in [1.29, 1.82) is 0 Å². The number of aliphatic hydroxyl groups excluding tert-OH is 2. The molecule has 20 heavy (non-hydrogen) atoms. The molecule has 0 heterocycles. The maximum absolute atomic E-state index is 12.5. The first-order valence-corrected chi connectivity index (χ1v) is 8.30. The molecule has 0 aliphatic heterocycles. The van der Waals surface area contributed by atoms with Crippen LogP contribution in [0.3, 0.4) is 0 Å². The Labute approximate surface area is 120 Å². The number of benzene rings is 1. The number of nitrogens with zero attached hydrogens (tertiary/aromatic N) is 1. The van der Waals surface area contributed by atoms with E-state index in [1.165, 1.54) is 16.4 Å². The van der Waals surface area contributed by atoms with E-state index in [9.17, 15) is 13.5 Å². The number of sulfonamides is 1. The van der Waals surface area contributed by atoms with E-state index in [2.05, 4.69) is 0 Å². The Bertz CT molecular complexity index is 516. The summed E-state index contributed by atoms with van der Waals surface area (Å²) in [7, 11) is -3.58. The molecule has 0 spiro atoms. The lowest BCUT2D eigenvalue weighted by Gasteiger charge is -2.20. The van der Waals surface area contributed by atoms with Gasteiger partial charge in [-0.1, -0.05) is 26.0 Å². The third kappa shape index (κ3) is 4.02. The highest BCUT2D eigenvalue weighted by Crippen LogP contribution is 2.22. The zero-order chi connectivity index (χ0) is 15.2. The minimum atomic E-state index is -3.58. The Balaban J connectivity index is 3.07. The molecule has 2 N–H and O–H groups in total. The molecule has 0 saturated heterocycles. The van der Waals surface area contributed by atoms with Crippen LogP contribution in [-0.2, 0) is 10.0 Å². The van der Waals surface area contributed by atoms with Crippen molar-refractivity contribution in [2.24, 2.45) is 0 Å². The van der Waals surface area contributed by atoms with Gasteiger partial charge in [0.2, 0.25) is 10.0 Å². The van der Waals surface area contributed by atoms with Crippen LogP contribution in [-0.4, -0.2) is 42.6 Å². The molecule has 0 fully saturated rings. The Kier molecular flexibility index (Phi) is 6.61. The maximum Gasteiger partial charge on any atom is 0.243 e.